The van der Waals surface area contributed by atoms with Crippen molar-refractivity contribution in [2.45, 2.75) is 31.7 Å². The molecule has 0 unspecified atom stereocenters. The fraction of sp³-hybridized carbons (Fsp3) is 0.318. The van der Waals surface area contributed by atoms with Crippen LogP contribution in [0.25, 0.3) is 10.4 Å². The van der Waals surface area contributed by atoms with Crippen molar-refractivity contribution in [3.8, 4) is 10.4 Å². The molecule has 26 heavy (non-hydrogen) atoms. The zero-order chi connectivity index (χ0) is 17.5. The summed E-state index contributed by atoms with van der Waals surface area (Å²) < 4.78 is 2.28. The van der Waals surface area contributed by atoms with Crippen LogP contribution in [-0.4, -0.2) is 28.5 Å². The number of hydrogen-bond donors (Lipinski definition) is 0. The van der Waals surface area contributed by atoms with Crippen LogP contribution < -0.4 is 0 Å². The number of hydrogen-bond acceptors (Lipinski definition) is 2. The van der Waals surface area contributed by atoms with E-state index in [1.54, 1.807) is 11.3 Å². The molecule has 3 nitrogen and oxygen atoms in total. The van der Waals surface area contributed by atoms with Gasteiger partial charge in [-0.05, 0) is 60.6 Å². The first-order valence-electron chi connectivity index (χ1n) is 9.42. The molecule has 0 atom stereocenters. The molecule has 3 heterocycles. The van der Waals surface area contributed by atoms with Gasteiger partial charge in [-0.2, -0.15) is 0 Å². The van der Waals surface area contributed by atoms with E-state index in [-0.39, 0.29) is 5.91 Å². The summed E-state index contributed by atoms with van der Waals surface area (Å²) in [5.74, 6) is 0.216. The highest BCUT2D eigenvalue weighted by atomic mass is 32.1. The Morgan fingerprint density at radius 1 is 0.962 bits per heavy atom. The van der Waals surface area contributed by atoms with Crippen LogP contribution in [-0.2, 0) is 12.8 Å². The minimum atomic E-state index is 0.216. The third kappa shape index (κ3) is 2.69. The Labute approximate surface area is 157 Å². The molecule has 2 aromatic heterocycles. The van der Waals surface area contributed by atoms with E-state index < -0.39 is 0 Å². The molecule has 1 aliphatic heterocycles. The lowest BCUT2D eigenvalue weighted by atomic mass is 9.91. The van der Waals surface area contributed by atoms with Gasteiger partial charge >= 0.3 is 0 Å². The van der Waals surface area contributed by atoms with Crippen molar-refractivity contribution in [2.24, 2.45) is 0 Å². The van der Waals surface area contributed by atoms with Crippen molar-refractivity contribution < 1.29 is 4.79 Å². The Hall–Kier alpha value is -2.33. The van der Waals surface area contributed by atoms with Crippen molar-refractivity contribution in [1.29, 1.82) is 0 Å². The average molecular weight is 362 g/mol. The molecule has 1 aliphatic carbocycles. The van der Waals surface area contributed by atoms with E-state index in [0.717, 1.165) is 43.6 Å². The number of carbonyl (C=O) groups excluding carboxylic acids is 1. The molecule has 0 bridgehead atoms. The maximum Gasteiger partial charge on any atom is 0.263 e. The number of benzene rings is 1. The summed E-state index contributed by atoms with van der Waals surface area (Å²) in [6.07, 6.45) is 8.46. The van der Waals surface area contributed by atoms with E-state index in [9.17, 15) is 4.79 Å². The van der Waals surface area contributed by atoms with Gasteiger partial charge in [-0.1, -0.05) is 24.3 Å². The molecule has 1 aromatic carbocycles. The van der Waals surface area contributed by atoms with Crippen LogP contribution in [0.5, 0.6) is 0 Å². The molecular weight excluding hydrogens is 340 g/mol. The molecule has 0 saturated carbocycles. The molecule has 2 aliphatic rings. The van der Waals surface area contributed by atoms with E-state index in [2.05, 4.69) is 59.4 Å². The number of fused-ring (bicyclic) bond motifs is 3. The van der Waals surface area contributed by atoms with Crippen LogP contribution in [0.3, 0.4) is 0 Å². The summed E-state index contributed by atoms with van der Waals surface area (Å²) in [5.41, 5.74) is 4.08. The third-order valence-corrected chi connectivity index (χ3v) is 6.94. The van der Waals surface area contributed by atoms with Crippen LogP contribution in [0.4, 0.5) is 0 Å². The second-order valence-corrected chi connectivity index (χ2v) is 8.33. The quantitative estimate of drug-likeness (QED) is 0.643. The molecule has 3 aromatic rings. The number of thiophene rings is 1. The molecular formula is C22H22N2OS. The molecule has 1 fully saturated rings. The first-order valence-corrected chi connectivity index (χ1v) is 10.2. The Morgan fingerprint density at radius 3 is 2.50 bits per heavy atom. The number of rotatable bonds is 2. The Balaban J connectivity index is 1.34. The highest BCUT2D eigenvalue weighted by Crippen LogP contribution is 2.40. The predicted molar refractivity (Wildman–Crippen MR) is 106 cm³/mol. The highest BCUT2D eigenvalue weighted by Gasteiger charge is 2.27. The summed E-state index contributed by atoms with van der Waals surface area (Å²) in [4.78, 5) is 17.3. The van der Waals surface area contributed by atoms with Crippen molar-refractivity contribution in [3.63, 3.8) is 0 Å². The van der Waals surface area contributed by atoms with Gasteiger partial charge in [0.2, 0.25) is 0 Å². The molecule has 0 spiro atoms. The zero-order valence-corrected chi connectivity index (χ0v) is 15.5. The molecule has 1 amide bonds. The van der Waals surface area contributed by atoms with E-state index in [0.29, 0.717) is 6.04 Å². The number of carbonyl (C=O) groups is 1. The van der Waals surface area contributed by atoms with Gasteiger partial charge in [0.15, 0.2) is 0 Å². The van der Waals surface area contributed by atoms with Crippen molar-refractivity contribution in [2.75, 3.05) is 13.1 Å². The first-order chi connectivity index (χ1) is 12.8. The van der Waals surface area contributed by atoms with Crippen LogP contribution in [0.2, 0.25) is 0 Å². The summed E-state index contributed by atoms with van der Waals surface area (Å²) in [5, 5.41) is 0. The monoisotopic (exact) mass is 362 g/mol. The van der Waals surface area contributed by atoms with Gasteiger partial charge in [-0.3, -0.25) is 4.79 Å². The summed E-state index contributed by atoms with van der Waals surface area (Å²) in [6.45, 7) is 1.70. The maximum atomic E-state index is 13.1. The number of aryl methyl sites for hydroxylation is 2. The standard InChI is InChI=1S/C22H22N2OS/c25-22(24-13-9-18(10-14-24)23-11-3-4-12-23)20-15-17-8-7-16-5-1-2-6-19(16)21(17)26-20/h1-6,11-12,15,18H,7-10,13-14H2. The highest BCUT2D eigenvalue weighted by molar-refractivity contribution is 7.17. The van der Waals surface area contributed by atoms with Gasteiger partial charge in [-0.15, -0.1) is 11.3 Å². The summed E-state index contributed by atoms with van der Waals surface area (Å²) in [7, 11) is 0. The fourth-order valence-electron chi connectivity index (χ4n) is 4.29. The topological polar surface area (TPSA) is 25.2 Å². The number of aromatic nitrogens is 1. The summed E-state index contributed by atoms with van der Waals surface area (Å²) >= 11 is 1.68. The number of likely N-dealkylation sites (tertiary alicyclic amines) is 1. The number of piperidine rings is 1. The van der Waals surface area contributed by atoms with Gasteiger partial charge in [0, 0.05) is 36.4 Å². The van der Waals surface area contributed by atoms with Crippen LogP contribution in [0.15, 0.2) is 54.9 Å². The third-order valence-electron chi connectivity index (χ3n) is 5.75. The van der Waals surface area contributed by atoms with Crippen LogP contribution in [0, 0.1) is 0 Å². The van der Waals surface area contributed by atoms with Gasteiger partial charge in [0.05, 0.1) is 4.88 Å². The molecule has 132 valence electrons. The van der Waals surface area contributed by atoms with E-state index in [4.69, 9.17) is 0 Å². The zero-order valence-electron chi connectivity index (χ0n) is 14.7. The second-order valence-electron chi connectivity index (χ2n) is 7.28. The lowest BCUT2D eigenvalue weighted by Gasteiger charge is -2.32. The Kier molecular flexibility index (Phi) is 3.93. The predicted octanol–water partition coefficient (Wildman–Crippen LogP) is 4.79. The van der Waals surface area contributed by atoms with E-state index >= 15 is 0 Å². The number of nitrogens with zero attached hydrogens (tertiary/aromatic N) is 2. The van der Waals surface area contributed by atoms with E-state index in [1.807, 2.05) is 4.90 Å². The van der Waals surface area contributed by atoms with Gasteiger partial charge in [0.25, 0.3) is 5.91 Å². The second kappa shape index (κ2) is 6.44. The Morgan fingerprint density at radius 2 is 1.69 bits per heavy atom. The van der Waals surface area contributed by atoms with Gasteiger partial charge in [0.1, 0.15) is 0 Å². The summed E-state index contributed by atoms with van der Waals surface area (Å²) in [6, 6.07) is 15.4. The van der Waals surface area contributed by atoms with Gasteiger partial charge < -0.3 is 9.47 Å². The van der Waals surface area contributed by atoms with Crippen molar-refractivity contribution in [3.05, 3.63) is 70.9 Å². The molecule has 1 saturated heterocycles. The lowest BCUT2D eigenvalue weighted by Crippen LogP contribution is -2.38. The van der Waals surface area contributed by atoms with Gasteiger partial charge in [-0.25, -0.2) is 0 Å². The Bertz CT molecular complexity index is 933. The molecule has 4 heteroatoms. The van der Waals surface area contributed by atoms with Crippen molar-refractivity contribution in [1.82, 2.24) is 9.47 Å². The average Bonchev–Trinajstić information content (AvgIpc) is 3.37. The number of amides is 1. The molecule has 5 rings (SSSR count). The lowest BCUT2D eigenvalue weighted by molar-refractivity contribution is 0.0699. The molecule has 0 radical (unpaired) electrons. The smallest absolute Gasteiger partial charge is 0.263 e. The normalized spacial score (nSPS) is 17.0. The van der Waals surface area contributed by atoms with Crippen LogP contribution >= 0.6 is 11.3 Å². The van der Waals surface area contributed by atoms with Crippen LogP contribution in [0.1, 0.15) is 39.7 Å². The largest absolute Gasteiger partial charge is 0.351 e. The van der Waals surface area contributed by atoms with E-state index in [1.165, 1.54) is 21.6 Å². The SMILES string of the molecule is O=C(c1cc2c(s1)-c1ccccc1CC2)N1CCC(n2cccc2)CC1. The first kappa shape index (κ1) is 15.9. The minimum Gasteiger partial charge on any atom is -0.351 e. The van der Waals surface area contributed by atoms with Crippen molar-refractivity contribution >= 4 is 17.2 Å². The minimum absolute atomic E-state index is 0.216. The fourth-order valence-corrected chi connectivity index (χ4v) is 5.53. The maximum absolute atomic E-state index is 13.1. The molecule has 0 N–H and O–H groups in total.